The van der Waals surface area contributed by atoms with Crippen molar-refractivity contribution in [3.8, 4) is 0 Å². The highest BCUT2D eigenvalue weighted by Crippen LogP contribution is 2.42. The van der Waals surface area contributed by atoms with Gasteiger partial charge in [0.05, 0.1) is 6.54 Å². The number of carbonyl (C=O) groups is 1. The molecular weight excluding hydrogens is 236 g/mol. The Hall–Kier alpha value is -1.35. The summed E-state index contributed by atoms with van der Waals surface area (Å²) in [4.78, 5) is 11.9. The van der Waals surface area contributed by atoms with Crippen LogP contribution in [-0.2, 0) is 4.79 Å². The fraction of sp³-hybridized carbons (Fsp3) is 0.562. The van der Waals surface area contributed by atoms with Gasteiger partial charge in [0.15, 0.2) is 0 Å². The zero-order valence-electron chi connectivity index (χ0n) is 12.0. The summed E-state index contributed by atoms with van der Waals surface area (Å²) in [7, 11) is 0. The van der Waals surface area contributed by atoms with Gasteiger partial charge in [0.25, 0.3) is 0 Å². The highest BCUT2D eigenvalue weighted by molar-refractivity contribution is 5.92. The molecule has 19 heavy (non-hydrogen) atoms. The van der Waals surface area contributed by atoms with Crippen LogP contribution in [0.4, 0.5) is 5.69 Å². The Balaban J connectivity index is 1.75. The number of nitrogens with one attached hydrogen (secondary N) is 2. The van der Waals surface area contributed by atoms with E-state index in [-0.39, 0.29) is 5.91 Å². The molecule has 0 spiro atoms. The SMILES string of the molecule is CCC1(CNCC(=O)Nc2ccccc2C)CCC1. The monoisotopic (exact) mass is 260 g/mol. The first kappa shape index (κ1) is 14.1. The number of benzene rings is 1. The Morgan fingerprint density at radius 3 is 2.63 bits per heavy atom. The summed E-state index contributed by atoms with van der Waals surface area (Å²) in [6.45, 7) is 5.61. The van der Waals surface area contributed by atoms with Crippen LogP contribution in [0.25, 0.3) is 0 Å². The molecule has 0 aliphatic heterocycles. The Kier molecular flexibility index (Phi) is 4.59. The molecule has 0 aromatic heterocycles. The molecule has 1 aromatic rings. The predicted molar refractivity (Wildman–Crippen MR) is 79.3 cm³/mol. The molecule has 3 nitrogen and oxygen atoms in total. The highest BCUT2D eigenvalue weighted by atomic mass is 16.1. The fourth-order valence-electron chi connectivity index (χ4n) is 2.68. The van der Waals surface area contributed by atoms with E-state index in [1.807, 2.05) is 31.2 Å². The van der Waals surface area contributed by atoms with E-state index < -0.39 is 0 Å². The highest BCUT2D eigenvalue weighted by Gasteiger charge is 2.34. The average Bonchev–Trinajstić information content (AvgIpc) is 2.35. The Morgan fingerprint density at radius 1 is 1.32 bits per heavy atom. The quantitative estimate of drug-likeness (QED) is 0.825. The van der Waals surface area contributed by atoms with Crippen molar-refractivity contribution in [2.75, 3.05) is 18.4 Å². The van der Waals surface area contributed by atoms with Gasteiger partial charge >= 0.3 is 0 Å². The molecule has 0 radical (unpaired) electrons. The third kappa shape index (κ3) is 3.57. The van der Waals surface area contributed by atoms with E-state index in [9.17, 15) is 4.79 Å². The van der Waals surface area contributed by atoms with Gasteiger partial charge in [-0.25, -0.2) is 0 Å². The van der Waals surface area contributed by atoms with Crippen molar-refractivity contribution in [2.24, 2.45) is 5.41 Å². The molecule has 0 saturated heterocycles. The van der Waals surface area contributed by atoms with Crippen LogP contribution >= 0.6 is 0 Å². The molecule has 2 N–H and O–H groups in total. The van der Waals surface area contributed by atoms with Gasteiger partial charge < -0.3 is 10.6 Å². The van der Waals surface area contributed by atoms with Crippen molar-refractivity contribution in [1.29, 1.82) is 0 Å². The van der Waals surface area contributed by atoms with Crippen molar-refractivity contribution in [2.45, 2.75) is 39.5 Å². The lowest BCUT2D eigenvalue weighted by atomic mass is 9.67. The minimum atomic E-state index is 0.0416. The van der Waals surface area contributed by atoms with Crippen molar-refractivity contribution >= 4 is 11.6 Å². The third-order valence-corrected chi connectivity index (χ3v) is 4.37. The Morgan fingerprint density at radius 2 is 2.05 bits per heavy atom. The van der Waals surface area contributed by atoms with E-state index in [0.29, 0.717) is 12.0 Å². The zero-order valence-corrected chi connectivity index (χ0v) is 12.0. The molecule has 1 aliphatic carbocycles. The molecule has 0 heterocycles. The number of hydrogen-bond donors (Lipinski definition) is 2. The smallest absolute Gasteiger partial charge is 0.238 e. The molecule has 0 unspecified atom stereocenters. The van der Waals surface area contributed by atoms with Gasteiger partial charge in [-0.1, -0.05) is 31.5 Å². The summed E-state index contributed by atoms with van der Waals surface area (Å²) in [5.41, 5.74) is 2.46. The van der Waals surface area contributed by atoms with E-state index in [2.05, 4.69) is 17.6 Å². The minimum absolute atomic E-state index is 0.0416. The summed E-state index contributed by atoms with van der Waals surface area (Å²) in [5.74, 6) is 0.0416. The lowest BCUT2D eigenvalue weighted by molar-refractivity contribution is -0.115. The maximum absolute atomic E-state index is 11.9. The number of para-hydroxylation sites is 1. The van der Waals surface area contributed by atoms with Gasteiger partial charge in [-0.3, -0.25) is 4.79 Å². The van der Waals surface area contributed by atoms with E-state index in [1.165, 1.54) is 25.7 Å². The maximum Gasteiger partial charge on any atom is 0.238 e. The molecule has 104 valence electrons. The number of anilines is 1. The van der Waals surface area contributed by atoms with E-state index >= 15 is 0 Å². The number of hydrogen-bond acceptors (Lipinski definition) is 2. The number of aryl methyl sites for hydroxylation is 1. The van der Waals surface area contributed by atoms with E-state index in [1.54, 1.807) is 0 Å². The second kappa shape index (κ2) is 6.20. The van der Waals surface area contributed by atoms with Crippen LogP contribution in [0.1, 0.15) is 38.2 Å². The molecule has 1 aliphatic rings. The van der Waals surface area contributed by atoms with Gasteiger partial charge in [-0.15, -0.1) is 0 Å². The first-order valence-corrected chi connectivity index (χ1v) is 7.21. The molecular formula is C16H24N2O. The van der Waals surface area contributed by atoms with Crippen molar-refractivity contribution in [1.82, 2.24) is 5.32 Å². The van der Waals surface area contributed by atoms with Crippen LogP contribution < -0.4 is 10.6 Å². The lowest BCUT2D eigenvalue weighted by Gasteiger charge is -2.41. The van der Waals surface area contributed by atoms with Crippen LogP contribution in [0, 0.1) is 12.3 Å². The van der Waals surface area contributed by atoms with E-state index in [4.69, 9.17) is 0 Å². The summed E-state index contributed by atoms with van der Waals surface area (Å²) in [5, 5.41) is 6.26. The van der Waals surface area contributed by atoms with Gasteiger partial charge in [-0.05, 0) is 43.2 Å². The standard InChI is InChI=1S/C16H24N2O/c1-3-16(9-6-10-16)12-17-11-15(19)18-14-8-5-4-7-13(14)2/h4-5,7-8,17H,3,6,9-12H2,1-2H3,(H,18,19). The van der Waals surface area contributed by atoms with Crippen molar-refractivity contribution < 1.29 is 4.79 Å². The molecule has 3 heteroatoms. The molecule has 1 saturated carbocycles. The first-order chi connectivity index (χ1) is 9.15. The minimum Gasteiger partial charge on any atom is -0.325 e. The van der Waals surface area contributed by atoms with Crippen molar-refractivity contribution in [3.05, 3.63) is 29.8 Å². The third-order valence-electron chi connectivity index (χ3n) is 4.37. The largest absolute Gasteiger partial charge is 0.325 e. The fourth-order valence-corrected chi connectivity index (χ4v) is 2.68. The summed E-state index contributed by atoms with van der Waals surface area (Å²) in [6, 6.07) is 7.86. The van der Waals surface area contributed by atoms with Crippen LogP contribution in [0.5, 0.6) is 0 Å². The predicted octanol–water partition coefficient (Wildman–Crippen LogP) is 3.10. The topological polar surface area (TPSA) is 41.1 Å². The number of carbonyl (C=O) groups excluding carboxylic acids is 1. The van der Waals surface area contributed by atoms with Crippen LogP contribution in [0.2, 0.25) is 0 Å². The van der Waals surface area contributed by atoms with Crippen molar-refractivity contribution in [3.63, 3.8) is 0 Å². The number of amides is 1. The second-order valence-electron chi connectivity index (χ2n) is 5.67. The lowest BCUT2D eigenvalue weighted by Crippen LogP contribution is -2.41. The Labute approximate surface area is 115 Å². The van der Waals surface area contributed by atoms with Gasteiger partial charge in [0.2, 0.25) is 5.91 Å². The van der Waals surface area contributed by atoms with Gasteiger partial charge in [0, 0.05) is 12.2 Å². The van der Waals surface area contributed by atoms with Crippen LogP contribution in [0.15, 0.2) is 24.3 Å². The summed E-state index contributed by atoms with van der Waals surface area (Å²) >= 11 is 0. The van der Waals surface area contributed by atoms with E-state index in [0.717, 1.165) is 17.8 Å². The summed E-state index contributed by atoms with van der Waals surface area (Å²) in [6.07, 6.45) is 5.15. The molecule has 1 amide bonds. The number of rotatable bonds is 6. The van der Waals surface area contributed by atoms with Crippen LogP contribution in [0.3, 0.4) is 0 Å². The molecule has 1 fully saturated rings. The molecule has 0 atom stereocenters. The van der Waals surface area contributed by atoms with Crippen LogP contribution in [-0.4, -0.2) is 19.0 Å². The Bertz CT molecular complexity index is 433. The average molecular weight is 260 g/mol. The van der Waals surface area contributed by atoms with Gasteiger partial charge in [0.1, 0.15) is 0 Å². The maximum atomic E-state index is 11.9. The van der Waals surface area contributed by atoms with Gasteiger partial charge in [-0.2, -0.15) is 0 Å². The zero-order chi connectivity index (χ0) is 13.7. The molecule has 2 rings (SSSR count). The molecule has 1 aromatic carbocycles. The summed E-state index contributed by atoms with van der Waals surface area (Å²) < 4.78 is 0. The first-order valence-electron chi connectivity index (χ1n) is 7.21. The normalized spacial score (nSPS) is 16.7. The second-order valence-corrected chi connectivity index (χ2v) is 5.67. The molecule has 0 bridgehead atoms.